The molecule has 2 aromatic carbocycles. The van der Waals surface area contributed by atoms with E-state index in [9.17, 15) is 18.8 Å². The maximum Gasteiger partial charge on any atom is 0.268 e. The minimum absolute atomic E-state index is 0.000484. The number of likely N-dealkylation sites (N-methyl/N-ethyl adjacent to an activating group) is 1. The summed E-state index contributed by atoms with van der Waals surface area (Å²) in [6.45, 7) is 5.41. The highest BCUT2D eigenvalue weighted by atomic mass is 35.5. The Bertz CT molecular complexity index is 1230. The quantitative estimate of drug-likeness (QED) is 0.351. The average molecular weight is 544 g/mol. The summed E-state index contributed by atoms with van der Waals surface area (Å²) in [5.74, 6) is -2.30. The Kier molecular flexibility index (Phi) is 8.72. The summed E-state index contributed by atoms with van der Waals surface area (Å²) in [4.78, 5) is 47.2. The van der Waals surface area contributed by atoms with Crippen LogP contribution in [0, 0.1) is 5.82 Å². The molecule has 5 N–H and O–H groups in total. The van der Waals surface area contributed by atoms with Crippen molar-refractivity contribution in [1.82, 2.24) is 20.4 Å². The van der Waals surface area contributed by atoms with Crippen LogP contribution in [0.5, 0.6) is 0 Å². The Morgan fingerprint density at radius 2 is 1.82 bits per heavy atom. The Balaban J connectivity index is 1.40. The third-order valence-corrected chi connectivity index (χ3v) is 7.12. The van der Waals surface area contributed by atoms with E-state index in [1.807, 2.05) is 0 Å². The lowest BCUT2D eigenvalue weighted by molar-refractivity contribution is -0.123. The number of aliphatic imine (C=N–C) groups is 1. The zero-order valence-electron chi connectivity index (χ0n) is 21.1. The Labute approximate surface area is 225 Å². The lowest BCUT2D eigenvalue weighted by atomic mass is 9.84. The van der Waals surface area contributed by atoms with E-state index in [0.29, 0.717) is 17.8 Å². The van der Waals surface area contributed by atoms with E-state index < -0.39 is 29.1 Å². The minimum Gasteiger partial charge on any atom is -0.367 e. The number of nitrogens with two attached hydrogens (primary N) is 1. The number of piperazine rings is 1. The van der Waals surface area contributed by atoms with E-state index in [1.54, 1.807) is 24.3 Å². The van der Waals surface area contributed by atoms with Crippen molar-refractivity contribution in [2.45, 2.75) is 12.0 Å². The van der Waals surface area contributed by atoms with Gasteiger partial charge in [-0.15, -0.1) is 0 Å². The molecule has 0 spiro atoms. The van der Waals surface area contributed by atoms with Crippen molar-refractivity contribution in [3.63, 3.8) is 0 Å². The van der Waals surface area contributed by atoms with E-state index >= 15 is 0 Å². The zero-order valence-corrected chi connectivity index (χ0v) is 21.9. The third kappa shape index (κ3) is 6.02. The summed E-state index contributed by atoms with van der Waals surface area (Å²) in [6.07, 6.45) is 0.770. The van der Waals surface area contributed by atoms with Gasteiger partial charge in [0.1, 0.15) is 11.5 Å². The second-order valence-corrected chi connectivity index (χ2v) is 9.77. The van der Waals surface area contributed by atoms with Crippen molar-refractivity contribution in [3.8, 4) is 0 Å². The normalized spacial score (nSPS) is 20.1. The van der Waals surface area contributed by atoms with Crippen LogP contribution in [0.25, 0.3) is 0 Å². The van der Waals surface area contributed by atoms with Crippen LogP contribution in [0.4, 0.5) is 10.1 Å². The molecule has 202 valence electrons. The molecular formula is C26H31ClFN7O3. The third-order valence-electron chi connectivity index (χ3n) is 6.81. The minimum atomic E-state index is -1.61. The highest BCUT2D eigenvalue weighted by Crippen LogP contribution is 2.28. The molecular weight excluding hydrogens is 513 g/mol. The molecule has 2 aliphatic heterocycles. The summed E-state index contributed by atoms with van der Waals surface area (Å²) >= 11 is 5.98. The fraction of sp³-hybridized carbons (Fsp3) is 0.385. The first-order valence-corrected chi connectivity index (χ1v) is 12.7. The van der Waals surface area contributed by atoms with Crippen LogP contribution in [0.2, 0.25) is 5.02 Å². The van der Waals surface area contributed by atoms with E-state index in [2.05, 4.69) is 37.8 Å². The van der Waals surface area contributed by atoms with Crippen LogP contribution >= 0.6 is 11.6 Å². The number of nitrogens with one attached hydrogen (secondary N) is 3. The van der Waals surface area contributed by atoms with Gasteiger partial charge < -0.3 is 26.2 Å². The van der Waals surface area contributed by atoms with Crippen LogP contribution in [0.1, 0.15) is 22.3 Å². The number of nitrogens with zero attached hydrogens (tertiary/aromatic N) is 3. The van der Waals surface area contributed by atoms with Crippen LogP contribution in [0.15, 0.2) is 47.5 Å². The van der Waals surface area contributed by atoms with Gasteiger partial charge in [0.2, 0.25) is 5.91 Å². The van der Waals surface area contributed by atoms with E-state index in [-0.39, 0.29) is 23.0 Å². The van der Waals surface area contributed by atoms with Crippen molar-refractivity contribution >= 4 is 40.7 Å². The molecule has 1 fully saturated rings. The second-order valence-electron chi connectivity index (χ2n) is 9.37. The van der Waals surface area contributed by atoms with Crippen LogP contribution < -0.4 is 21.7 Å². The molecule has 1 atom stereocenters. The molecule has 0 radical (unpaired) electrons. The number of carbonyl (C=O) groups excluding carboxylic acids is 3. The molecule has 2 heterocycles. The maximum atomic E-state index is 13.3. The number of benzene rings is 2. The fourth-order valence-corrected chi connectivity index (χ4v) is 4.85. The summed E-state index contributed by atoms with van der Waals surface area (Å²) in [6, 6.07) is 9.80. The number of hydrogen-bond acceptors (Lipinski definition) is 7. The number of rotatable bonds is 9. The predicted octanol–water partition coefficient (Wildman–Crippen LogP) is 1.17. The molecule has 4 rings (SSSR count). The smallest absolute Gasteiger partial charge is 0.268 e. The van der Waals surface area contributed by atoms with Crippen LogP contribution in [-0.4, -0.2) is 86.2 Å². The molecule has 2 aliphatic rings. The molecule has 1 saturated heterocycles. The van der Waals surface area contributed by atoms with Gasteiger partial charge in [-0.2, -0.15) is 0 Å². The predicted molar refractivity (Wildman–Crippen MR) is 144 cm³/mol. The highest BCUT2D eigenvalue weighted by molar-refractivity contribution is 6.47. The van der Waals surface area contributed by atoms with Gasteiger partial charge in [0.25, 0.3) is 11.8 Å². The van der Waals surface area contributed by atoms with E-state index in [0.717, 1.165) is 51.3 Å². The number of primary amides is 1. The van der Waals surface area contributed by atoms with Gasteiger partial charge in [0.15, 0.2) is 5.54 Å². The number of halogens is 2. The lowest BCUT2D eigenvalue weighted by Gasteiger charge is -2.32. The molecule has 12 heteroatoms. The summed E-state index contributed by atoms with van der Waals surface area (Å²) in [5, 5.41) is 8.50. The number of carbonyl (C=O) groups is 3. The first kappa shape index (κ1) is 27.6. The number of anilines is 1. The second kappa shape index (κ2) is 12.0. The first-order valence-electron chi connectivity index (χ1n) is 12.4. The topological polar surface area (TPSA) is 132 Å². The van der Waals surface area contributed by atoms with E-state index in [4.69, 9.17) is 17.3 Å². The Hall–Kier alpha value is -3.38. The van der Waals surface area contributed by atoms with Gasteiger partial charge >= 0.3 is 0 Å². The molecule has 2 aromatic rings. The molecule has 1 unspecified atom stereocenters. The van der Waals surface area contributed by atoms with Gasteiger partial charge in [-0.1, -0.05) is 23.7 Å². The zero-order chi connectivity index (χ0) is 27.3. The molecule has 0 bridgehead atoms. The van der Waals surface area contributed by atoms with Gasteiger partial charge in [-0.05, 0) is 55.9 Å². The molecule has 0 aromatic heterocycles. The molecule has 38 heavy (non-hydrogen) atoms. The fourth-order valence-electron chi connectivity index (χ4n) is 4.60. The van der Waals surface area contributed by atoms with Crippen molar-refractivity contribution in [2.75, 3.05) is 58.3 Å². The Morgan fingerprint density at radius 1 is 1.11 bits per heavy atom. The van der Waals surface area contributed by atoms with Gasteiger partial charge in [0.05, 0.1) is 17.3 Å². The van der Waals surface area contributed by atoms with Crippen molar-refractivity contribution < 1.29 is 18.8 Å². The molecule has 0 saturated carbocycles. The lowest BCUT2D eigenvalue weighted by Crippen LogP contribution is -2.58. The molecule has 3 amide bonds. The van der Waals surface area contributed by atoms with Gasteiger partial charge in [0, 0.05) is 38.4 Å². The van der Waals surface area contributed by atoms with Crippen molar-refractivity contribution in [1.29, 1.82) is 0 Å². The van der Waals surface area contributed by atoms with Gasteiger partial charge in [-0.25, -0.2) is 4.39 Å². The number of amides is 3. The first-order chi connectivity index (χ1) is 18.2. The molecule has 10 nitrogen and oxygen atoms in total. The largest absolute Gasteiger partial charge is 0.367 e. The monoisotopic (exact) mass is 543 g/mol. The average Bonchev–Trinajstić information content (AvgIpc) is 3.34. The Morgan fingerprint density at radius 3 is 2.47 bits per heavy atom. The van der Waals surface area contributed by atoms with Crippen LogP contribution in [0.3, 0.4) is 0 Å². The summed E-state index contributed by atoms with van der Waals surface area (Å²) in [7, 11) is 2.10. The SMILES string of the molecule is CN1CCN(CCCNC(=O)C2=NCNC2(C(N)=O)c2ccc(NC(=O)c3ccc(F)cc3Cl)cc2)CC1. The van der Waals surface area contributed by atoms with E-state index in [1.165, 1.54) is 6.07 Å². The maximum absolute atomic E-state index is 13.3. The highest BCUT2D eigenvalue weighted by Gasteiger charge is 2.49. The summed E-state index contributed by atoms with van der Waals surface area (Å²) in [5.41, 5.74) is 5.11. The molecule has 0 aliphatic carbocycles. The van der Waals surface area contributed by atoms with Crippen LogP contribution in [-0.2, 0) is 15.1 Å². The van der Waals surface area contributed by atoms with Crippen molar-refractivity contribution in [2.24, 2.45) is 10.7 Å². The standard InChI is InChI=1S/C26H31ClFN7O3/c1-34-11-13-35(14-12-34)10-2-9-30-24(37)22-26(25(29)38,32-16-31-22)17-3-6-19(7-4-17)33-23(36)20-8-5-18(28)15-21(20)27/h3-8,15,32H,2,9-14,16H2,1H3,(H2,29,38)(H,30,37)(H,33,36). The van der Waals surface area contributed by atoms with Crippen molar-refractivity contribution in [3.05, 3.63) is 64.4 Å². The number of hydrogen-bond donors (Lipinski definition) is 4. The summed E-state index contributed by atoms with van der Waals surface area (Å²) < 4.78 is 13.3. The van der Waals surface area contributed by atoms with Gasteiger partial charge in [-0.3, -0.25) is 24.7 Å².